The molecule has 0 saturated carbocycles. The molecule has 0 aliphatic heterocycles. The molecule has 6 heteroatoms. The standard InChI is InChI=1S/C14H14N2O4/c1-20-13-9-11(16(18)19)7-8-12(13)15-14(17)10-5-3-2-4-6-10/h2-9,16,18H,1H3,(H,15,17). The van der Waals surface area contributed by atoms with Gasteiger partial charge in [0.2, 0.25) is 0 Å². The van der Waals surface area contributed by atoms with E-state index in [0.717, 1.165) is 0 Å². The summed E-state index contributed by atoms with van der Waals surface area (Å²) in [5.74, 6) is 0.0150. The van der Waals surface area contributed by atoms with E-state index in [-0.39, 0.29) is 11.6 Å². The lowest BCUT2D eigenvalue weighted by Crippen LogP contribution is -2.99. The van der Waals surface area contributed by atoms with Crippen molar-refractivity contribution in [3.8, 4) is 5.75 Å². The number of carbonyl (C=O) groups excluding carboxylic acids is 1. The molecule has 1 unspecified atom stereocenters. The van der Waals surface area contributed by atoms with Gasteiger partial charge in [0, 0.05) is 17.7 Å². The molecule has 2 aromatic rings. The summed E-state index contributed by atoms with van der Waals surface area (Å²) in [5.41, 5.74) is 1.03. The summed E-state index contributed by atoms with van der Waals surface area (Å²) >= 11 is 0. The molecule has 1 atom stereocenters. The molecule has 1 amide bonds. The van der Waals surface area contributed by atoms with Gasteiger partial charge in [-0.3, -0.25) is 4.79 Å². The van der Waals surface area contributed by atoms with Gasteiger partial charge in [-0.2, -0.15) is 5.23 Å². The van der Waals surface area contributed by atoms with Crippen LogP contribution in [0.4, 0.5) is 11.4 Å². The van der Waals surface area contributed by atoms with Gasteiger partial charge in [0.05, 0.1) is 12.8 Å². The number of benzene rings is 2. The largest absolute Gasteiger partial charge is 0.595 e. The molecule has 0 aliphatic rings. The van der Waals surface area contributed by atoms with Gasteiger partial charge in [0.15, 0.2) is 5.69 Å². The van der Waals surface area contributed by atoms with Crippen LogP contribution in [0.25, 0.3) is 0 Å². The first-order chi connectivity index (χ1) is 9.61. The number of anilines is 1. The highest BCUT2D eigenvalue weighted by Gasteiger charge is 2.12. The fourth-order valence-electron chi connectivity index (χ4n) is 1.71. The smallest absolute Gasteiger partial charge is 0.255 e. The first kappa shape index (κ1) is 14.0. The first-order valence-electron chi connectivity index (χ1n) is 5.89. The molecule has 104 valence electrons. The number of hydrogen-bond donors (Lipinski definition) is 3. The van der Waals surface area contributed by atoms with E-state index in [9.17, 15) is 10.0 Å². The van der Waals surface area contributed by atoms with E-state index in [1.54, 1.807) is 24.3 Å². The fourth-order valence-corrected chi connectivity index (χ4v) is 1.71. The molecule has 2 aromatic carbocycles. The van der Waals surface area contributed by atoms with Crippen molar-refractivity contribution in [2.75, 3.05) is 12.4 Å². The maximum atomic E-state index is 12.0. The van der Waals surface area contributed by atoms with E-state index in [1.807, 2.05) is 6.07 Å². The Bertz CT molecular complexity index is 599. The Kier molecular flexibility index (Phi) is 4.31. The van der Waals surface area contributed by atoms with Gasteiger partial charge in [0.1, 0.15) is 5.75 Å². The number of methoxy groups -OCH3 is 1. The molecule has 6 nitrogen and oxygen atoms in total. The van der Waals surface area contributed by atoms with Crippen molar-refractivity contribution in [1.82, 2.24) is 0 Å². The Morgan fingerprint density at radius 1 is 1.25 bits per heavy atom. The first-order valence-corrected chi connectivity index (χ1v) is 5.89. The van der Waals surface area contributed by atoms with Crippen LogP contribution < -0.4 is 15.3 Å². The summed E-state index contributed by atoms with van der Waals surface area (Å²) in [6.45, 7) is 0. The topological polar surface area (TPSA) is 86.1 Å². The van der Waals surface area contributed by atoms with E-state index in [2.05, 4.69) is 5.32 Å². The zero-order chi connectivity index (χ0) is 14.5. The van der Waals surface area contributed by atoms with Crippen molar-refractivity contribution >= 4 is 17.3 Å². The lowest BCUT2D eigenvalue weighted by atomic mass is 10.2. The fraction of sp³-hybridized carbons (Fsp3) is 0.0714. The predicted octanol–water partition coefficient (Wildman–Crippen LogP) is 1.35. The summed E-state index contributed by atoms with van der Waals surface area (Å²) in [6, 6.07) is 13.0. The molecule has 0 saturated heterocycles. The monoisotopic (exact) mass is 274 g/mol. The van der Waals surface area contributed by atoms with Crippen molar-refractivity contribution in [1.29, 1.82) is 0 Å². The molecule has 0 fully saturated rings. The average Bonchev–Trinajstić information content (AvgIpc) is 2.48. The molecule has 2 rings (SSSR count). The van der Waals surface area contributed by atoms with Crippen LogP contribution in [-0.4, -0.2) is 18.2 Å². The Labute approximate surface area is 115 Å². The molecule has 20 heavy (non-hydrogen) atoms. The summed E-state index contributed by atoms with van der Waals surface area (Å²) in [4.78, 5) is 12.0. The number of nitrogens with one attached hydrogen (secondary N) is 2. The van der Waals surface area contributed by atoms with Gasteiger partial charge in [0.25, 0.3) is 5.91 Å². The maximum Gasteiger partial charge on any atom is 0.255 e. The number of amides is 1. The number of rotatable bonds is 4. The predicted molar refractivity (Wildman–Crippen MR) is 73.2 cm³/mol. The lowest BCUT2D eigenvalue weighted by Gasteiger charge is -2.15. The average molecular weight is 274 g/mol. The van der Waals surface area contributed by atoms with Crippen molar-refractivity contribution in [3.05, 3.63) is 59.3 Å². The van der Waals surface area contributed by atoms with E-state index >= 15 is 0 Å². The number of hydrogen-bond acceptors (Lipinski definition) is 4. The van der Waals surface area contributed by atoms with Crippen molar-refractivity contribution in [2.45, 2.75) is 0 Å². The Hall–Kier alpha value is -2.41. The minimum Gasteiger partial charge on any atom is -0.595 e. The van der Waals surface area contributed by atoms with E-state index in [1.165, 1.54) is 25.3 Å². The SMILES string of the molecule is COc1cc([NH+]([O-])O)ccc1NC(=O)c1ccccc1. The highest BCUT2D eigenvalue weighted by atomic mass is 16.8. The van der Waals surface area contributed by atoms with Crippen LogP contribution in [0.15, 0.2) is 48.5 Å². The molecule has 0 heterocycles. The molecule has 0 aromatic heterocycles. The summed E-state index contributed by atoms with van der Waals surface area (Å²) in [6.07, 6.45) is 0. The molecule has 0 bridgehead atoms. The van der Waals surface area contributed by atoms with Gasteiger partial charge < -0.3 is 15.3 Å². The third kappa shape index (κ3) is 3.12. The highest BCUT2D eigenvalue weighted by molar-refractivity contribution is 6.05. The number of quaternary nitrogens is 1. The summed E-state index contributed by atoms with van der Waals surface area (Å²) in [5, 5.41) is 21.4. The third-order valence-electron chi connectivity index (χ3n) is 2.73. The van der Waals surface area contributed by atoms with Gasteiger partial charge in [-0.05, 0) is 18.2 Å². The molecule has 0 spiro atoms. The van der Waals surface area contributed by atoms with Crippen molar-refractivity contribution < 1.29 is 20.0 Å². The Morgan fingerprint density at radius 3 is 2.55 bits per heavy atom. The normalized spacial score (nSPS) is 11.8. The van der Waals surface area contributed by atoms with E-state index in [0.29, 0.717) is 17.0 Å². The zero-order valence-electron chi connectivity index (χ0n) is 10.8. The van der Waals surface area contributed by atoms with E-state index < -0.39 is 5.23 Å². The second-order valence-electron chi connectivity index (χ2n) is 4.04. The van der Waals surface area contributed by atoms with Crippen molar-refractivity contribution in [2.24, 2.45) is 0 Å². The molecule has 3 N–H and O–H groups in total. The molecule has 0 aliphatic carbocycles. The van der Waals surface area contributed by atoms with Crippen LogP contribution in [0, 0.1) is 5.21 Å². The van der Waals surface area contributed by atoms with Crippen LogP contribution in [-0.2, 0) is 0 Å². The van der Waals surface area contributed by atoms with Gasteiger partial charge in [-0.25, -0.2) is 5.21 Å². The van der Waals surface area contributed by atoms with Crippen LogP contribution in [0.3, 0.4) is 0 Å². The maximum absolute atomic E-state index is 12.0. The van der Waals surface area contributed by atoms with Crippen LogP contribution in [0.1, 0.15) is 10.4 Å². The third-order valence-corrected chi connectivity index (χ3v) is 2.73. The molecular formula is C14H14N2O4. The minimum absolute atomic E-state index is 0.0968. The summed E-state index contributed by atoms with van der Waals surface area (Å²) < 4.78 is 5.09. The van der Waals surface area contributed by atoms with E-state index in [4.69, 9.17) is 9.94 Å². The number of carbonyl (C=O) groups is 1. The Morgan fingerprint density at radius 2 is 1.95 bits per heavy atom. The van der Waals surface area contributed by atoms with Gasteiger partial charge in [-0.1, -0.05) is 18.2 Å². The van der Waals surface area contributed by atoms with Crippen LogP contribution in [0.5, 0.6) is 5.75 Å². The second-order valence-corrected chi connectivity index (χ2v) is 4.04. The van der Waals surface area contributed by atoms with Crippen LogP contribution in [0.2, 0.25) is 0 Å². The zero-order valence-corrected chi connectivity index (χ0v) is 10.8. The van der Waals surface area contributed by atoms with Crippen LogP contribution >= 0.6 is 0 Å². The van der Waals surface area contributed by atoms with Gasteiger partial charge in [-0.15, -0.1) is 0 Å². The van der Waals surface area contributed by atoms with Crippen molar-refractivity contribution in [3.63, 3.8) is 0 Å². The second kappa shape index (κ2) is 6.16. The summed E-state index contributed by atoms with van der Waals surface area (Å²) in [7, 11) is 1.42. The quantitative estimate of drug-likeness (QED) is 0.735. The molecular weight excluding hydrogens is 260 g/mol. The van der Waals surface area contributed by atoms with Gasteiger partial charge >= 0.3 is 0 Å². The Balaban J connectivity index is 2.23. The molecule has 0 radical (unpaired) electrons. The number of ether oxygens (including phenoxy) is 1. The minimum atomic E-state index is -1.05. The highest BCUT2D eigenvalue weighted by Crippen LogP contribution is 2.26. The lowest BCUT2D eigenvalue weighted by molar-refractivity contribution is -0.991.